The smallest absolute Gasteiger partial charge is 0.238 e. The molecule has 0 spiro atoms. The van der Waals surface area contributed by atoms with E-state index in [9.17, 15) is 9.59 Å². The van der Waals surface area contributed by atoms with Crippen LogP contribution in [0.2, 0.25) is 0 Å². The normalized spacial score (nSPS) is 11.8. The van der Waals surface area contributed by atoms with E-state index in [0.29, 0.717) is 17.9 Å². The number of carbonyl (C=O) groups excluding carboxylic acids is 2. The maximum Gasteiger partial charge on any atom is 0.238 e. The zero-order valence-corrected chi connectivity index (χ0v) is 19.4. The Bertz CT molecular complexity index is 1000. The number of anilines is 2. The van der Waals surface area contributed by atoms with Crippen LogP contribution in [0.5, 0.6) is 5.75 Å². The van der Waals surface area contributed by atoms with E-state index in [1.165, 1.54) is 11.8 Å². The molecule has 3 rings (SSSR count). The highest BCUT2D eigenvalue weighted by Gasteiger charge is 2.19. The average molecular weight is 452 g/mol. The van der Waals surface area contributed by atoms with Gasteiger partial charge in [-0.3, -0.25) is 14.5 Å². The van der Waals surface area contributed by atoms with Gasteiger partial charge in [-0.1, -0.05) is 18.2 Å². The summed E-state index contributed by atoms with van der Waals surface area (Å²) in [5.41, 5.74) is 2.51. The molecular weight excluding hydrogens is 422 g/mol. The number of benzene rings is 2. The van der Waals surface area contributed by atoms with Crippen molar-refractivity contribution >= 4 is 34.5 Å². The Kier molecular flexibility index (Phi) is 8.41. The fraction of sp³-hybridized carbons (Fsp3) is 0.280. The van der Waals surface area contributed by atoms with Crippen molar-refractivity contribution in [3.63, 3.8) is 0 Å². The fourth-order valence-electron chi connectivity index (χ4n) is 3.41. The molecule has 0 aliphatic heterocycles. The first kappa shape index (κ1) is 23.5. The molecule has 168 valence electrons. The van der Waals surface area contributed by atoms with Crippen LogP contribution in [0, 0.1) is 0 Å². The number of thiophene rings is 1. The lowest BCUT2D eigenvalue weighted by molar-refractivity contribution is -0.118. The number of amides is 2. The number of hydrogen-bond donors (Lipinski definition) is 2. The average Bonchev–Trinajstić information content (AvgIpc) is 3.28. The van der Waals surface area contributed by atoms with Crippen molar-refractivity contribution in [1.82, 2.24) is 4.90 Å². The van der Waals surface area contributed by atoms with Gasteiger partial charge in [0.05, 0.1) is 13.7 Å². The number of rotatable bonds is 10. The molecule has 1 unspecified atom stereocenters. The van der Waals surface area contributed by atoms with Gasteiger partial charge in [-0.05, 0) is 66.8 Å². The van der Waals surface area contributed by atoms with Crippen molar-refractivity contribution in [2.45, 2.75) is 32.9 Å². The third kappa shape index (κ3) is 7.21. The summed E-state index contributed by atoms with van der Waals surface area (Å²) < 4.78 is 5.25. The monoisotopic (exact) mass is 451 g/mol. The summed E-state index contributed by atoms with van der Waals surface area (Å²) in [6, 6.07) is 19.4. The van der Waals surface area contributed by atoms with Gasteiger partial charge < -0.3 is 15.4 Å². The first-order chi connectivity index (χ1) is 15.4. The van der Waals surface area contributed by atoms with Crippen LogP contribution in [0.25, 0.3) is 0 Å². The first-order valence-corrected chi connectivity index (χ1v) is 11.4. The summed E-state index contributed by atoms with van der Waals surface area (Å²) in [7, 11) is 1.65. The molecule has 0 radical (unpaired) electrons. The lowest BCUT2D eigenvalue weighted by atomic mass is 10.1. The van der Waals surface area contributed by atoms with E-state index >= 15 is 0 Å². The summed E-state index contributed by atoms with van der Waals surface area (Å²) in [6.07, 6.45) is 0.881. The second-order valence-electron chi connectivity index (χ2n) is 7.69. The molecule has 32 heavy (non-hydrogen) atoms. The molecule has 0 saturated heterocycles. The van der Waals surface area contributed by atoms with Crippen molar-refractivity contribution < 1.29 is 14.3 Å². The van der Waals surface area contributed by atoms with E-state index < -0.39 is 0 Å². The molecule has 2 aromatic carbocycles. The molecule has 2 N–H and O–H groups in total. The van der Waals surface area contributed by atoms with E-state index in [2.05, 4.69) is 40.0 Å². The summed E-state index contributed by atoms with van der Waals surface area (Å²) in [5, 5.41) is 7.76. The lowest BCUT2D eigenvalue weighted by Crippen LogP contribution is -2.40. The van der Waals surface area contributed by atoms with Crippen LogP contribution in [0.3, 0.4) is 0 Å². The molecule has 3 aromatic rings. The Labute approximate surface area is 193 Å². The third-order valence-electron chi connectivity index (χ3n) is 5.08. The maximum absolute atomic E-state index is 12.8. The second-order valence-corrected chi connectivity index (χ2v) is 8.72. The van der Waals surface area contributed by atoms with E-state index in [-0.39, 0.29) is 24.4 Å². The van der Waals surface area contributed by atoms with Crippen LogP contribution in [-0.2, 0) is 22.6 Å². The highest BCUT2D eigenvalue weighted by molar-refractivity contribution is 7.09. The SMILES string of the molecule is COc1ccc(CN(CC(=O)Nc2ccc(NC(C)=O)cc2)C(C)Cc2cccs2)cc1. The van der Waals surface area contributed by atoms with Crippen molar-refractivity contribution in [1.29, 1.82) is 0 Å². The van der Waals surface area contributed by atoms with E-state index in [1.807, 2.05) is 24.3 Å². The number of nitrogens with zero attached hydrogens (tertiary/aromatic N) is 1. The van der Waals surface area contributed by atoms with Crippen molar-refractivity contribution in [2.75, 3.05) is 24.3 Å². The molecule has 1 atom stereocenters. The zero-order chi connectivity index (χ0) is 22.9. The molecule has 1 heterocycles. The largest absolute Gasteiger partial charge is 0.497 e. The van der Waals surface area contributed by atoms with Gasteiger partial charge >= 0.3 is 0 Å². The molecule has 7 heteroatoms. The molecule has 0 aliphatic carbocycles. The van der Waals surface area contributed by atoms with Crippen LogP contribution >= 0.6 is 11.3 Å². The Morgan fingerprint density at radius 3 is 2.22 bits per heavy atom. The minimum atomic E-state index is -0.129. The Morgan fingerprint density at radius 2 is 1.66 bits per heavy atom. The van der Waals surface area contributed by atoms with Gasteiger partial charge in [0.25, 0.3) is 0 Å². The van der Waals surface area contributed by atoms with E-state index in [4.69, 9.17) is 4.74 Å². The maximum atomic E-state index is 12.8. The van der Waals surface area contributed by atoms with Crippen LogP contribution in [0.1, 0.15) is 24.3 Å². The molecule has 2 amide bonds. The number of methoxy groups -OCH3 is 1. The molecule has 0 fully saturated rings. The number of carbonyl (C=O) groups is 2. The van der Waals surface area contributed by atoms with Crippen molar-refractivity contribution in [2.24, 2.45) is 0 Å². The van der Waals surface area contributed by atoms with E-state index in [0.717, 1.165) is 17.7 Å². The first-order valence-electron chi connectivity index (χ1n) is 10.5. The molecule has 1 aromatic heterocycles. The van der Waals surface area contributed by atoms with Crippen LogP contribution in [0.4, 0.5) is 11.4 Å². The molecule has 0 aliphatic rings. The van der Waals surface area contributed by atoms with Gasteiger partial charge in [-0.2, -0.15) is 0 Å². The predicted molar refractivity (Wildman–Crippen MR) is 130 cm³/mol. The topological polar surface area (TPSA) is 70.7 Å². The summed E-state index contributed by atoms with van der Waals surface area (Å²) in [6.45, 7) is 4.54. The number of ether oxygens (including phenoxy) is 1. The van der Waals surface area contributed by atoms with Gasteiger partial charge in [0.15, 0.2) is 0 Å². The lowest BCUT2D eigenvalue weighted by Gasteiger charge is -2.28. The summed E-state index contributed by atoms with van der Waals surface area (Å²) in [4.78, 5) is 27.5. The van der Waals surface area contributed by atoms with Gasteiger partial charge in [-0.25, -0.2) is 0 Å². The Morgan fingerprint density at radius 1 is 1.00 bits per heavy atom. The Balaban J connectivity index is 1.67. The third-order valence-corrected chi connectivity index (χ3v) is 5.98. The zero-order valence-electron chi connectivity index (χ0n) is 18.6. The van der Waals surface area contributed by atoms with E-state index in [1.54, 1.807) is 42.7 Å². The van der Waals surface area contributed by atoms with Gasteiger partial charge in [0.2, 0.25) is 11.8 Å². The minimum Gasteiger partial charge on any atom is -0.497 e. The highest BCUT2D eigenvalue weighted by Crippen LogP contribution is 2.19. The Hall–Kier alpha value is -3.16. The fourth-order valence-corrected chi connectivity index (χ4v) is 4.23. The molecule has 6 nitrogen and oxygen atoms in total. The van der Waals surface area contributed by atoms with Crippen molar-refractivity contribution in [3.8, 4) is 5.75 Å². The summed E-state index contributed by atoms with van der Waals surface area (Å²) >= 11 is 1.73. The van der Waals surface area contributed by atoms with Crippen LogP contribution < -0.4 is 15.4 Å². The van der Waals surface area contributed by atoms with Crippen molar-refractivity contribution in [3.05, 3.63) is 76.5 Å². The second kappa shape index (κ2) is 11.5. The predicted octanol–water partition coefficient (Wildman–Crippen LogP) is 4.79. The quantitative estimate of drug-likeness (QED) is 0.465. The molecule has 0 bridgehead atoms. The highest BCUT2D eigenvalue weighted by atomic mass is 32.1. The van der Waals surface area contributed by atoms with Gasteiger partial charge in [-0.15, -0.1) is 11.3 Å². The van der Waals surface area contributed by atoms with Crippen LogP contribution in [-0.4, -0.2) is 36.4 Å². The molecule has 0 saturated carbocycles. The standard InChI is InChI=1S/C25H29N3O3S/c1-18(15-24-5-4-14-32-24)28(16-20-6-12-23(31-3)13-7-20)17-25(30)27-22-10-8-21(9-11-22)26-19(2)29/h4-14,18H,15-17H2,1-3H3,(H,26,29)(H,27,30). The summed E-state index contributed by atoms with van der Waals surface area (Å²) in [5.74, 6) is 0.604. The number of nitrogens with one attached hydrogen (secondary N) is 2. The van der Waals surface area contributed by atoms with Gasteiger partial charge in [0, 0.05) is 35.8 Å². The van der Waals surface area contributed by atoms with Crippen LogP contribution in [0.15, 0.2) is 66.0 Å². The molecular formula is C25H29N3O3S. The van der Waals surface area contributed by atoms with Gasteiger partial charge in [0.1, 0.15) is 5.75 Å². The minimum absolute atomic E-state index is 0.0798. The number of hydrogen-bond acceptors (Lipinski definition) is 5.